The first-order valence-corrected chi connectivity index (χ1v) is 13.3. The number of amides is 2. The van der Waals surface area contributed by atoms with E-state index in [1.807, 2.05) is 13.8 Å². The highest BCUT2D eigenvalue weighted by Crippen LogP contribution is 2.35. The fraction of sp³-hybridized carbons (Fsp3) is 0.538. The summed E-state index contributed by atoms with van der Waals surface area (Å²) in [5, 5.41) is 6.30. The van der Waals surface area contributed by atoms with Gasteiger partial charge in [0.2, 0.25) is 0 Å². The van der Waals surface area contributed by atoms with Gasteiger partial charge in [0.15, 0.2) is 5.65 Å². The average Bonchev–Trinajstić information content (AvgIpc) is 3.12. The molecule has 0 bridgehead atoms. The maximum atomic E-state index is 13.2. The molecule has 38 heavy (non-hydrogen) atoms. The van der Waals surface area contributed by atoms with Gasteiger partial charge >= 0.3 is 18.2 Å². The van der Waals surface area contributed by atoms with Gasteiger partial charge in [0.1, 0.15) is 16.4 Å². The predicted molar refractivity (Wildman–Crippen MR) is 143 cm³/mol. The largest absolute Gasteiger partial charge is 0.496 e. The quantitative estimate of drug-likeness (QED) is 0.413. The van der Waals surface area contributed by atoms with E-state index >= 15 is 0 Å². The topological polar surface area (TPSA) is 122 Å². The predicted octanol–water partition coefficient (Wildman–Crippen LogP) is 5.08. The molecule has 12 heteroatoms. The fourth-order valence-electron chi connectivity index (χ4n) is 4.20. The maximum Gasteiger partial charge on any atom is 0.427 e. The molecule has 3 aromatic heterocycles. The van der Waals surface area contributed by atoms with E-state index < -0.39 is 23.3 Å². The second-order valence-electron chi connectivity index (χ2n) is 11.1. The lowest BCUT2D eigenvalue weighted by Gasteiger charge is -2.33. The molecule has 1 aliphatic rings. The third-order valence-corrected chi connectivity index (χ3v) is 6.82. The number of hydrogen-bond acceptors (Lipinski definition) is 10. The van der Waals surface area contributed by atoms with Crippen LogP contribution < -0.4 is 9.47 Å². The molecular formula is C26H34N6O5S. The van der Waals surface area contributed by atoms with Crippen molar-refractivity contribution < 1.29 is 23.8 Å². The molecule has 0 aliphatic carbocycles. The van der Waals surface area contributed by atoms with Crippen LogP contribution in [0.4, 0.5) is 9.59 Å². The number of aryl methyl sites for hydroxylation is 2. The van der Waals surface area contributed by atoms with Crippen molar-refractivity contribution in [3.05, 3.63) is 28.7 Å². The molecule has 0 fully saturated rings. The number of nitrogens with zero attached hydrogens (tertiary/aromatic N) is 6. The van der Waals surface area contributed by atoms with Crippen LogP contribution in [-0.4, -0.2) is 65.8 Å². The van der Waals surface area contributed by atoms with Gasteiger partial charge in [0.05, 0.1) is 30.4 Å². The molecular weight excluding hydrogens is 508 g/mol. The first-order chi connectivity index (χ1) is 17.7. The van der Waals surface area contributed by atoms with Crippen molar-refractivity contribution in [3.63, 3.8) is 0 Å². The Morgan fingerprint density at radius 2 is 1.82 bits per heavy atom. The second kappa shape index (κ2) is 10.0. The van der Waals surface area contributed by atoms with Gasteiger partial charge in [0, 0.05) is 35.0 Å². The highest BCUT2D eigenvalue weighted by atomic mass is 32.2. The van der Waals surface area contributed by atoms with Crippen molar-refractivity contribution in [2.24, 2.45) is 0 Å². The van der Waals surface area contributed by atoms with Crippen LogP contribution in [0.15, 0.2) is 11.2 Å². The molecule has 204 valence electrons. The molecule has 1 aliphatic heterocycles. The molecule has 0 N–H and O–H groups in total. The molecule has 0 unspecified atom stereocenters. The number of ether oxygens (including phenoxy) is 3. The zero-order valence-corrected chi connectivity index (χ0v) is 24.1. The zero-order chi connectivity index (χ0) is 28.0. The second-order valence-corrected chi connectivity index (χ2v) is 12.2. The lowest BCUT2D eigenvalue weighted by molar-refractivity contribution is 0.0115. The first-order valence-electron chi connectivity index (χ1n) is 12.3. The van der Waals surface area contributed by atoms with Crippen molar-refractivity contribution in [1.82, 2.24) is 29.6 Å². The van der Waals surface area contributed by atoms with Gasteiger partial charge in [-0.3, -0.25) is 4.98 Å². The molecule has 3 aromatic rings. The van der Waals surface area contributed by atoms with Crippen molar-refractivity contribution >= 4 is 35.0 Å². The summed E-state index contributed by atoms with van der Waals surface area (Å²) in [7, 11) is 1.64. The highest BCUT2D eigenvalue weighted by molar-refractivity contribution is 7.99. The minimum absolute atomic E-state index is 0.163. The molecule has 0 atom stereocenters. The van der Waals surface area contributed by atoms with Crippen LogP contribution in [0.1, 0.15) is 64.1 Å². The molecule has 0 aromatic carbocycles. The summed E-state index contributed by atoms with van der Waals surface area (Å²) in [5.74, 6) is 1.56. The smallest absolute Gasteiger partial charge is 0.427 e. The number of pyridine rings is 1. The van der Waals surface area contributed by atoms with E-state index in [0.717, 1.165) is 50.7 Å². The number of hydrogen-bond donors (Lipinski definition) is 0. The van der Waals surface area contributed by atoms with Gasteiger partial charge in [-0.1, -0.05) is 0 Å². The van der Waals surface area contributed by atoms with Crippen molar-refractivity contribution in [1.29, 1.82) is 0 Å². The van der Waals surface area contributed by atoms with E-state index in [-0.39, 0.29) is 6.01 Å². The average molecular weight is 543 g/mol. The third-order valence-electron chi connectivity index (χ3n) is 5.85. The Morgan fingerprint density at radius 3 is 2.45 bits per heavy atom. The van der Waals surface area contributed by atoms with E-state index in [1.54, 1.807) is 71.3 Å². The Kier molecular flexibility index (Phi) is 7.30. The van der Waals surface area contributed by atoms with Crippen LogP contribution in [0.25, 0.3) is 11.0 Å². The Hall–Kier alpha value is -3.41. The summed E-state index contributed by atoms with van der Waals surface area (Å²) < 4.78 is 18.3. The first kappa shape index (κ1) is 27.6. The summed E-state index contributed by atoms with van der Waals surface area (Å²) in [4.78, 5) is 40.7. The van der Waals surface area contributed by atoms with Crippen LogP contribution >= 0.6 is 11.8 Å². The van der Waals surface area contributed by atoms with Crippen molar-refractivity contribution in [2.75, 3.05) is 12.9 Å². The van der Waals surface area contributed by atoms with Crippen molar-refractivity contribution in [3.8, 4) is 11.8 Å². The van der Waals surface area contributed by atoms with Gasteiger partial charge < -0.3 is 14.2 Å². The van der Waals surface area contributed by atoms with Crippen LogP contribution in [-0.2, 0) is 17.7 Å². The Bertz CT molecular complexity index is 1410. The van der Waals surface area contributed by atoms with E-state index in [2.05, 4.69) is 15.0 Å². The van der Waals surface area contributed by atoms with E-state index in [9.17, 15) is 9.59 Å². The maximum absolute atomic E-state index is 13.2. The van der Waals surface area contributed by atoms with Crippen LogP contribution in [0, 0.1) is 13.8 Å². The Morgan fingerprint density at radius 1 is 1.11 bits per heavy atom. The molecule has 4 heterocycles. The number of rotatable bonds is 4. The summed E-state index contributed by atoms with van der Waals surface area (Å²) in [5.41, 5.74) is 2.37. The standard InChI is InChI=1S/C26H34N6O5S/c1-14-12-27-17(15(2)19(14)35-9)13-31-20-18-16(30-31)10-11-38-21(18)29-22(28-20)36-23(33)32(25(3,4)5)24(34)37-26(6,7)8/h12H,10-11,13H2,1-9H3. The fourth-order valence-corrected chi connectivity index (χ4v) is 5.18. The molecule has 0 saturated carbocycles. The Balaban J connectivity index is 1.72. The summed E-state index contributed by atoms with van der Waals surface area (Å²) in [6.07, 6.45) is 0.803. The van der Waals surface area contributed by atoms with Crippen LogP contribution in [0.5, 0.6) is 11.8 Å². The highest BCUT2D eigenvalue weighted by Gasteiger charge is 2.38. The van der Waals surface area contributed by atoms with Gasteiger partial charge in [-0.15, -0.1) is 11.8 Å². The lowest BCUT2D eigenvalue weighted by atomic mass is 10.1. The lowest BCUT2D eigenvalue weighted by Crippen LogP contribution is -2.52. The zero-order valence-electron chi connectivity index (χ0n) is 23.3. The Labute approximate surface area is 226 Å². The van der Waals surface area contributed by atoms with Gasteiger partial charge in [-0.05, 0) is 55.4 Å². The van der Waals surface area contributed by atoms with Crippen LogP contribution in [0.2, 0.25) is 0 Å². The number of imide groups is 1. The number of carbonyl (C=O) groups is 2. The van der Waals surface area contributed by atoms with Gasteiger partial charge in [0.25, 0.3) is 0 Å². The number of thioether (sulfide) groups is 1. The van der Waals surface area contributed by atoms with E-state index in [1.165, 1.54) is 0 Å². The third kappa shape index (κ3) is 5.54. The number of methoxy groups -OCH3 is 1. The monoisotopic (exact) mass is 542 g/mol. The summed E-state index contributed by atoms with van der Waals surface area (Å²) >= 11 is 1.54. The minimum atomic E-state index is -0.925. The minimum Gasteiger partial charge on any atom is -0.496 e. The van der Waals surface area contributed by atoms with Gasteiger partial charge in [-0.2, -0.15) is 15.1 Å². The molecule has 0 saturated heterocycles. The molecule has 4 rings (SSSR count). The van der Waals surface area contributed by atoms with E-state index in [0.29, 0.717) is 17.2 Å². The molecule has 0 radical (unpaired) electrons. The molecule has 11 nitrogen and oxygen atoms in total. The normalized spacial score (nSPS) is 13.4. The van der Waals surface area contributed by atoms with E-state index in [4.69, 9.17) is 19.3 Å². The number of carbonyl (C=O) groups excluding carboxylic acids is 2. The summed E-state index contributed by atoms with van der Waals surface area (Å²) in [6, 6.07) is -0.163. The van der Waals surface area contributed by atoms with Crippen LogP contribution in [0.3, 0.4) is 0 Å². The van der Waals surface area contributed by atoms with Gasteiger partial charge in [-0.25, -0.2) is 19.2 Å². The SMILES string of the molecule is COc1c(C)cnc(Cn2nc3c4c(nc(OC(=O)N(C(=O)OC(C)(C)C)C(C)(C)C)nc42)SCC3)c1C. The number of aromatic nitrogens is 5. The van der Waals surface area contributed by atoms with Crippen molar-refractivity contribution in [2.45, 2.75) is 84.5 Å². The molecule has 0 spiro atoms. The molecule has 2 amide bonds. The summed E-state index contributed by atoms with van der Waals surface area (Å²) in [6.45, 7) is 14.6.